The van der Waals surface area contributed by atoms with Crippen LogP contribution in [0.1, 0.15) is 38.3 Å². The minimum Gasteiger partial charge on any atom is -0.396 e. The van der Waals surface area contributed by atoms with Crippen LogP contribution in [0.3, 0.4) is 0 Å². The second kappa shape index (κ2) is 9.38. The van der Waals surface area contributed by atoms with E-state index >= 15 is 0 Å². The molecule has 2 aromatic rings. The normalized spacial score (nSPS) is 25.3. The van der Waals surface area contributed by atoms with Gasteiger partial charge in [0.25, 0.3) is 0 Å². The van der Waals surface area contributed by atoms with Gasteiger partial charge in [0.05, 0.1) is 12.9 Å². The number of anilines is 1. The lowest BCUT2D eigenvalue weighted by Gasteiger charge is -2.16. The third-order valence-electron chi connectivity index (χ3n) is 4.78. The third kappa shape index (κ3) is 4.36. The van der Waals surface area contributed by atoms with E-state index in [0.29, 0.717) is 17.0 Å². The molecule has 0 spiro atoms. The molecule has 3 heterocycles. The molecule has 0 bridgehead atoms. The molecular weight excluding hydrogens is 354 g/mol. The molecule has 150 valence electrons. The lowest BCUT2D eigenvalue weighted by molar-refractivity contribution is -0.0511. The summed E-state index contributed by atoms with van der Waals surface area (Å²) in [4.78, 5) is 12.8. The Kier molecular flexibility index (Phi) is 6.91. The van der Waals surface area contributed by atoms with Crippen molar-refractivity contribution in [2.75, 3.05) is 25.1 Å². The quantitative estimate of drug-likeness (QED) is 0.353. The lowest BCUT2D eigenvalue weighted by atomic mass is 10.1. The van der Waals surface area contributed by atoms with Gasteiger partial charge in [-0.15, -0.1) is 0 Å². The van der Waals surface area contributed by atoms with Gasteiger partial charge in [-0.1, -0.05) is 19.3 Å². The Morgan fingerprint density at radius 3 is 2.52 bits per heavy atom. The summed E-state index contributed by atoms with van der Waals surface area (Å²) in [6, 6.07) is 0. The van der Waals surface area contributed by atoms with E-state index in [2.05, 4.69) is 20.3 Å². The van der Waals surface area contributed by atoms with Gasteiger partial charge in [-0.3, -0.25) is 4.57 Å². The molecule has 27 heavy (non-hydrogen) atoms. The first kappa shape index (κ1) is 19.9. The summed E-state index contributed by atoms with van der Waals surface area (Å²) in [7, 11) is 0. The predicted octanol–water partition coefficient (Wildman–Crippen LogP) is -0.208. The summed E-state index contributed by atoms with van der Waals surface area (Å²) in [6.07, 6.45) is 3.80. The first-order valence-electron chi connectivity index (χ1n) is 9.32. The predicted molar refractivity (Wildman–Crippen MR) is 97.0 cm³/mol. The lowest BCUT2D eigenvalue weighted by Crippen LogP contribution is -2.33. The molecule has 0 amide bonds. The van der Waals surface area contributed by atoms with Crippen molar-refractivity contribution in [3.8, 4) is 0 Å². The molecule has 10 nitrogen and oxygen atoms in total. The first-order valence-corrected chi connectivity index (χ1v) is 9.32. The van der Waals surface area contributed by atoms with Crippen molar-refractivity contribution in [2.24, 2.45) is 0 Å². The molecule has 0 radical (unpaired) electrons. The van der Waals surface area contributed by atoms with Gasteiger partial charge in [-0.2, -0.15) is 0 Å². The van der Waals surface area contributed by atoms with E-state index in [0.717, 1.165) is 38.6 Å². The third-order valence-corrected chi connectivity index (χ3v) is 4.78. The molecule has 1 aliphatic heterocycles. The zero-order chi connectivity index (χ0) is 19.2. The fraction of sp³-hybridized carbons (Fsp3) is 0.706. The SMILES string of the molecule is OCCCCCCCNc1ncnc2c1ncn2C1OC(CO)C(O)C1O. The van der Waals surface area contributed by atoms with E-state index in [1.807, 2.05) is 0 Å². The van der Waals surface area contributed by atoms with Crippen LogP contribution in [0.5, 0.6) is 0 Å². The minimum atomic E-state index is -1.19. The Morgan fingerprint density at radius 1 is 1.00 bits per heavy atom. The first-order chi connectivity index (χ1) is 13.2. The van der Waals surface area contributed by atoms with Gasteiger partial charge in [0.15, 0.2) is 23.2 Å². The van der Waals surface area contributed by atoms with Crippen LogP contribution in [-0.4, -0.2) is 78.0 Å². The molecule has 2 aromatic heterocycles. The molecule has 3 rings (SSSR count). The van der Waals surface area contributed by atoms with Gasteiger partial charge in [0.2, 0.25) is 0 Å². The molecule has 5 N–H and O–H groups in total. The molecule has 4 atom stereocenters. The van der Waals surface area contributed by atoms with Gasteiger partial charge >= 0.3 is 0 Å². The highest BCUT2D eigenvalue weighted by Gasteiger charge is 2.44. The maximum atomic E-state index is 10.2. The largest absolute Gasteiger partial charge is 0.396 e. The monoisotopic (exact) mass is 381 g/mol. The van der Waals surface area contributed by atoms with Gasteiger partial charge in [0.1, 0.15) is 24.6 Å². The number of hydrogen-bond acceptors (Lipinski definition) is 9. The Hall–Kier alpha value is -1.85. The fourth-order valence-corrected chi connectivity index (χ4v) is 3.25. The van der Waals surface area contributed by atoms with E-state index in [4.69, 9.17) is 9.84 Å². The second-order valence-corrected chi connectivity index (χ2v) is 6.69. The van der Waals surface area contributed by atoms with Gasteiger partial charge in [0, 0.05) is 13.2 Å². The van der Waals surface area contributed by atoms with Crippen molar-refractivity contribution in [3.63, 3.8) is 0 Å². The zero-order valence-corrected chi connectivity index (χ0v) is 15.1. The molecule has 4 unspecified atom stereocenters. The van der Waals surface area contributed by atoms with Crippen molar-refractivity contribution in [3.05, 3.63) is 12.7 Å². The van der Waals surface area contributed by atoms with E-state index in [1.165, 1.54) is 12.7 Å². The number of aliphatic hydroxyl groups is 4. The summed E-state index contributed by atoms with van der Waals surface area (Å²) in [5.41, 5.74) is 1.03. The van der Waals surface area contributed by atoms with Gasteiger partial charge in [-0.25, -0.2) is 15.0 Å². The number of rotatable bonds is 10. The molecule has 1 fully saturated rings. The molecule has 0 aliphatic carbocycles. The number of aliphatic hydroxyl groups excluding tert-OH is 4. The molecule has 0 aromatic carbocycles. The number of fused-ring (bicyclic) bond motifs is 1. The smallest absolute Gasteiger partial charge is 0.167 e. The molecule has 10 heteroatoms. The highest BCUT2D eigenvalue weighted by molar-refractivity contribution is 5.82. The molecule has 1 saturated heterocycles. The Labute approximate surface area is 156 Å². The number of imidazole rings is 1. The molecular formula is C17H27N5O5. The standard InChI is InChI=1S/C17H27N5O5/c23-7-5-3-1-2-4-6-18-15-12-16(20-9-19-15)22(10-21-12)17-14(26)13(25)11(8-24)27-17/h9-11,13-14,17,23-26H,1-8H2,(H,18,19,20). The topological polar surface area (TPSA) is 146 Å². The summed E-state index contributed by atoms with van der Waals surface area (Å²) in [6.45, 7) is 0.600. The van der Waals surface area contributed by atoms with Crippen molar-refractivity contribution < 1.29 is 25.2 Å². The van der Waals surface area contributed by atoms with Crippen LogP contribution in [0, 0.1) is 0 Å². The number of nitrogens with zero attached hydrogens (tertiary/aromatic N) is 4. The maximum absolute atomic E-state index is 10.2. The zero-order valence-electron chi connectivity index (χ0n) is 15.1. The highest BCUT2D eigenvalue weighted by atomic mass is 16.6. The summed E-state index contributed by atoms with van der Waals surface area (Å²) < 4.78 is 7.09. The average Bonchev–Trinajstić information content (AvgIpc) is 3.23. The Balaban J connectivity index is 1.65. The van der Waals surface area contributed by atoms with Crippen molar-refractivity contribution >= 4 is 17.0 Å². The van der Waals surface area contributed by atoms with Crippen LogP contribution in [0.25, 0.3) is 11.2 Å². The van der Waals surface area contributed by atoms with Crippen molar-refractivity contribution in [2.45, 2.75) is 56.6 Å². The molecule has 0 saturated carbocycles. The summed E-state index contributed by atoms with van der Waals surface area (Å²) in [5, 5.41) is 41.4. The number of nitrogens with one attached hydrogen (secondary N) is 1. The van der Waals surface area contributed by atoms with Gasteiger partial charge in [-0.05, 0) is 12.8 Å². The van der Waals surface area contributed by atoms with Crippen LogP contribution >= 0.6 is 0 Å². The fourth-order valence-electron chi connectivity index (χ4n) is 3.25. The van der Waals surface area contributed by atoms with Gasteiger partial charge < -0.3 is 30.5 Å². The summed E-state index contributed by atoms with van der Waals surface area (Å²) in [5.74, 6) is 0.598. The number of ether oxygens (including phenoxy) is 1. The number of unbranched alkanes of at least 4 members (excludes halogenated alkanes) is 4. The maximum Gasteiger partial charge on any atom is 0.167 e. The highest BCUT2D eigenvalue weighted by Crippen LogP contribution is 2.32. The van der Waals surface area contributed by atoms with Crippen LogP contribution in [-0.2, 0) is 4.74 Å². The van der Waals surface area contributed by atoms with E-state index in [-0.39, 0.29) is 13.2 Å². The number of hydrogen-bond donors (Lipinski definition) is 5. The number of aromatic nitrogens is 4. The van der Waals surface area contributed by atoms with E-state index in [9.17, 15) is 15.3 Å². The van der Waals surface area contributed by atoms with Crippen LogP contribution in [0.15, 0.2) is 12.7 Å². The Morgan fingerprint density at radius 2 is 1.78 bits per heavy atom. The van der Waals surface area contributed by atoms with Crippen molar-refractivity contribution in [1.29, 1.82) is 0 Å². The minimum absolute atomic E-state index is 0.245. The Bertz CT molecular complexity index is 727. The van der Waals surface area contributed by atoms with Crippen LogP contribution in [0.4, 0.5) is 5.82 Å². The summed E-state index contributed by atoms with van der Waals surface area (Å²) >= 11 is 0. The van der Waals surface area contributed by atoms with E-state index < -0.39 is 24.5 Å². The molecule has 1 aliphatic rings. The second-order valence-electron chi connectivity index (χ2n) is 6.69. The van der Waals surface area contributed by atoms with Crippen LogP contribution in [0.2, 0.25) is 0 Å². The average molecular weight is 381 g/mol. The van der Waals surface area contributed by atoms with Crippen molar-refractivity contribution in [1.82, 2.24) is 19.5 Å². The van der Waals surface area contributed by atoms with Crippen LogP contribution < -0.4 is 5.32 Å². The van der Waals surface area contributed by atoms with E-state index in [1.54, 1.807) is 4.57 Å².